The number of aromatic nitrogens is 3. The van der Waals surface area contributed by atoms with Gasteiger partial charge in [0.15, 0.2) is 11.0 Å². The van der Waals surface area contributed by atoms with Gasteiger partial charge in [0.1, 0.15) is 5.76 Å². The molecule has 0 aliphatic heterocycles. The van der Waals surface area contributed by atoms with E-state index in [-0.39, 0.29) is 17.1 Å². The monoisotopic (exact) mass is 452 g/mol. The number of anilines is 1. The molecule has 4 aromatic rings. The van der Waals surface area contributed by atoms with Gasteiger partial charge < -0.3 is 9.73 Å². The van der Waals surface area contributed by atoms with Crippen LogP contribution in [0.5, 0.6) is 0 Å². The van der Waals surface area contributed by atoms with Crippen LogP contribution in [0.15, 0.2) is 69.7 Å². The first kappa shape index (κ1) is 21.4. The van der Waals surface area contributed by atoms with Gasteiger partial charge >= 0.3 is 0 Å². The minimum absolute atomic E-state index is 0.0597. The van der Waals surface area contributed by atoms with E-state index in [0.717, 1.165) is 27.7 Å². The van der Waals surface area contributed by atoms with Gasteiger partial charge in [0.05, 0.1) is 23.4 Å². The maximum absolute atomic E-state index is 12.7. The first-order valence-corrected chi connectivity index (χ1v) is 11.8. The summed E-state index contributed by atoms with van der Waals surface area (Å²) in [4.78, 5) is 13.7. The summed E-state index contributed by atoms with van der Waals surface area (Å²) in [6.45, 7) is 6.91. The van der Waals surface area contributed by atoms with Crippen LogP contribution in [0.4, 0.5) is 5.69 Å². The summed E-state index contributed by atoms with van der Waals surface area (Å²) >= 11 is 2.97. The molecule has 0 aliphatic rings. The van der Waals surface area contributed by atoms with Crippen LogP contribution in [0.25, 0.3) is 10.7 Å². The summed E-state index contributed by atoms with van der Waals surface area (Å²) in [5.74, 6) is 1.74. The van der Waals surface area contributed by atoms with Gasteiger partial charge in [-0.05, 0) is 40.6 Å². The Morgan fingerprint density at radius 1 is 1.13 bits per heavy atom. The van der Waals surface area contributed by atoms with Gasteiger partial charge in [-0.3, -0.25) is 9.36 Å². The van der Waals surface area contributed by atoms with Crippen LogP contribution in [0, 0.1) is 0 Å². The quantitative estimate of drug-likeness (QED) is 0.365. The van der Waals surface area contributed by atoms with Crippen LogP contribution in [-0.4, -0.2) is 26.4 Å². The molecule has 0 spiro atoms. The number of carbonyl (C=O) groups is 1. The highest BCUT2D eigenvalue weighted by atomic mass is 32.2. The second kappa shape index (κ2) is 9.11. The van der Waals surface area contributed by atoms with E-state index in [9.17, 15) is 4.79 Å². The molecule has 3 heterocycles. The second-order valence-electron chi connectivity index (χ2n) is 8.08. The molecule has 0 bridgehead atoms. The Hall–Kier alpha value is -2.84. The average molecular weight is 453 g/mol. The van der Waals surface area contributed by atoms with Crippen molar-refractivity contribution in [2.24, 2.45) is 0 Å². The SMILES string of the molecule is CC(C)(C)c1ccccc1NC(=O)CSc1nnc(-c2cccs2)n1Cc1ccco1. The lowest BCUT2D eigenvalue weighted by Gasteiger charge is -2.22. The minimum atomic E-state index is -0.0769. The van der Waals surface area contributed by atoms with Gasteiger partial charge in [0.2, 0.25) is 5.91 Å². The van der Waals surface area contributed by atoms with Crippen LogP contribution in [0.1, 0.15) is 32.1 Å². The number of hydrogen-bond acceptors (Lipinski definition) is 6. The highest BCUT2D eigenvalue weighted by Crippen LogP contribution is 2.30. The molecular weight excluding hydrogens is 428 g/mol. The summed E-state index contributed by atoms with van der Waals surface area (Å²) in [5, 5.41) is 14.5. The van der Waals surface area contributed by atoms with Crippen molar-refractivity contribution in [1.82, 2.24) is 14.8 Å². The molecule has 0 radical (unpaired) electrons. The van der Waals surface area contributed by atoms with Crippen molar-refractivity contribution < 1.29 is 9.21 Å². The first-order valence-electron chi connectivity index (χ1n) is 9.93. The van der Waals surface area contributed by atoms with Crippen molar-refractivity contribution in [3.63, 3.8) is 0 Å². The number of rotatable bonds is 7. The van der Waals surface area contributed by atoms with Crippen LogP contribution in [-0.2, 0) is 16.8 Å². The zero-order valence-corrected chi connectivity index (χ0v) is 19.3. The molecule has 0 fully saturated rings. The Bertz CT molecular complexity index is 1140. The molecule has 0 unspecified atom stereocenters. The van der Waals surface area contributed by atoms with E-state index in [1.807, 2.05) is 52.4 Å². The van der Waals surface area contributed by atoms with E-state index in [1.54, 1.807) is 17.6 Å². The molecule has 1 amide bonds. The minimum Gasteiger partial charge on any atom is -0.467 e. The third kappa shape index (κ3) is 5.08. The predicted octanol–water partition coefficient (Wildman–Crippen LogP) is 5.68. The lowest BCUT2D eigenvalue weighted by Crippen LogP contribution is -2.20. The summed E-state index contributed by atoms with van der Waals surface area (Å²) < 4.78 is 7.51. The average Bonchev–Trinajstić information content (AvgIpc) is 3.49. The Labute approximate surface area is 189 Å². The largest absolute Gasteiger partial charge is 0.467 e. The molecule has 1 aromatic carbocycles. The van der Waals surface area contributed by atoms with E-state index in [0.29, 0.717) is 11.7 Å². The number of benzene rings is 1. The lowest BCUT2D eigenvalue weighted by atomic mass is 9.86. The summed E-state index contributed by atoms with van der Waals surface area (Å²) in [5.41, 5.74) is 1.89. The molecule has 0 saturated heterocycles. The van der Waals surface area contributed by atoms with Gasteiger partial charge in [-0.25, -0.2) is 0 Å². The maximum atomic E-state index is 12.7. The summed E-state index contributed by atoms with van der Waals surface area (Å²) in [6, 6.07) is 15.7. The molecule has 0 atom stereocenters. The van der Waals surface area contributed by atoms with Gasteiger partial charge in [-0.1, -0.05) is 56.8 Å². The number of thiophene rings is 1. The maximum Gasteiger partial charge on any atom is 0.234 e. The zero-order chi connectivity index (χ0) is 21.8. The third-order valence-electron chi connectivity index (χ3n) is 4.69. The van der Waals surface area contributed by atoms with Gasteiger partial charge in [0.25, 0.3) is 0 Å². The van der Waals surface area contributed by atoms with Crippen molar-refractivity contribution in [2.45, 2.75) is 37.9 Å². The number of para-hydroxylation sites is 1. The second-order valence-corrected chi connectivity index (χ2v) is 9.97. The number of hydrogen-bond donors (Lipinski definition) is 1. The topological polar surface area (TPSA) is 73.0 Å². The fourth-order valence-electron chi connectivity index (χ4n) is 3.25. The zero-order valence-electron chi connectivity index (χ0n) is 17.7. The molecule has 8 heteroatoms. The molecule has 160 valence electrons. The van der Waals surface area contributed by atoms with Crippen LogP contribution >= 0.6 is 23.1 Å². The van der Waals surface area contributed by atoms with Crippen molar-refractivity contribution in [3.8, 4) is 10.7 Å². The number of furan rings is 1. The molecule has 3 aromatic heterocycles. The van der Waals surface area contributed by atoms with Gasteiger partial charge in [-0.15, -0.1) is 21.5 Å². The summed E-state index contributed by atoms with van der Waals surface area (Å²) in [6.07, 6.45) is 1.65. The molecular formula is C23H24N4O2S2. The normalized spacial score (nSPS) is 11.6. The molecule has 1 N–H and O–H groups in total. The standard InChI is InChI=1S/C23H24N4O2S2/c1-23(2,3)17-9-4-5-10-18(17)24-20(28)15-31-22-26-25-21(19-11-7-13-30-19)27(22)14-16-8-6-12-29-16/h4-13H,14-15H2,1-3H3,(H,24,28). The van der Waals surface area contributed by atoms with Crippen LogP contribution in [0.2, 0.25) is 0 Å². The molecule has 0 saturated carbocycles. The van der Waals surface area contributed by atoms with Crippen molar-refractivity contribution in [3.05, 3.63) is 71.5 Å². The number of nitrogens with zero attached hydrogens (tertiary/aromatic N) is 3. The van der Waals surface area contributed by atoms with Crippen molar-refractivity contribution in [1.29, 1.82) is 0 Å². The molecule has 6 nitrogen and oxygen atoms in total. The van der Waals surface area contributed by atoms with E-state index >= 15 is 0 Å². The van der Waals surface area contributed by atoms with E-state index in [4.69, 9.17) is 4.42 Å². The Balaban J connectivity index is 1.51. The highest BCUT2D eigenvalue weighted by molar-refractivity contribution is 7.99. The van der Waals surface area contributed by atoms with Crippen LogP contribution < -0.4 is 5.32 Å². The molecule has 4 rings (SSSR count). The summed E-state index contributed by atoms with van der Waals surface area (Å²) in [7, 11) is 0. The lowest BCUT2D eigenvalue weighted by molar-refractivity contribution is -0.113. The van der Waals surface area contributed by atoms with E-state index < -0.39 is 0 Å². The van der Waals surface area contributed by atoms with E-state index in [2.05, 4.69) is 42.4 Å². The van der Waals surface area contributed by atoms with E-state index in [1.165, 1.54) is 11.8 Å². The number of amides is 1. The Kier molecular flexibility index (Phi) is 6.29. The number of nitrogens with one attached hydrogen (secondary N) is 1. The van der Waals surface area contributed by atoms with Crippen molar-refractivity contribution in [2.75, 3.05) is 11.1 Å². The smallest absolute Gasteiger partial charge is 0.234 e. The Morgan fingerprint density at radius 3 is 2.68 bits per heavy atom. The third-order valence-corrected chi connectivity index (χ3v) is 6.53. The number of carbonyl (C=O) groups excluding carboxylic acids is 1. The molecule has 0 aliphatic carbocycles. The Morgan fingerprint density at radius 2 is 1.97 bits per heavy atom. The number of thioether (sulfide) groups is 1. The molecule has 31 heavy (non-hydrogen) atoms. The fourth-order valence-corrected chi connectivity index (χ4v) is 4.70. The first-order chi connectivity index (χ1) is 14.9. The van der Waals surface area contributed by atoms with Gasteiger partial charge in [-0.2, -0.15) is 0 Å². The van der Waals surface area contributed by atoms with Gasteiger partial charge in [0, 0.05) is 5.69 Å². The predicted molar refractivity (Wildman–Crippen MR) is 126 cm³/mol. The fraction of sp³-hybridized carbons (Fsp3) is 0.261. The van der Waals surface area contributed by atoms with Crippen molar-refractivity contribution >= 4 is 34.7 Å². The highest BCUT2D eigenvalue weighted by Gasteiger charge is 2.20. The van der Waals surface area contributed by atoms with Crippen LogP contribution in [0.3, 0.4) is 0 Å².